The van der Waals surface area contributed by atoms with Crippen LogP contribution in [0.5, 0.6) is 5.75 Å². The van der Waals surface area contributed by atoms with Gasteiger partial charge in [-0.2, -0.15) is 0 Å². The van der Waals surface area contributed by atoms with Gasteiger partial charge in [0.2, 0.25) is 0 Å². The van der Waals surface area contributed by atoms with E-state index >= 15 is 0 Å². The lowest BCUT2D eigenvalue weighted by Gasteiger charge is -2.11. The minimum atomic E-state index is 0.665. The minimum absolute atomic E-state index is 0.665. The van der Waals surface area contributed by atoms with Gasteiger partial charge in [-0.1, -0.05) is 6.92 Å². The Hall–Kier alpha value is -1.62. The Morgan fingerprint density at radius 2 is 1.86 bits per heavy atom. The van der Waals surface area contributed by atoms with Gasteiger partial charge in [0.05, 0.1) is 16.8 Å². The highest BCUT2D eigenvalue weighted by molar-refractivity contribution is 9.10. The van der Waals surface area contributed by atoms with Gasteiger partial charge in [-0.15, -0.1) is 0 Å². The maximum Gasteiger partial charge on any atom is 0.161 e. The molecule has 1 aromatic heterocycles. The third-order valence-corrected chi connectivity index (χ3v) is 3.93. The standard InChI is InChI=1S/C16H20BrN3O/c1-4-10-18-16-14(17)11(3)19-15(20-16)12-6-8-13(9-7-12)21-5-2/h6-9H,4-5,10H2,1-3H3,(H,18,19,20). The molecule has 0 saturated heterocycles. The topological polar surface area (TPSA) is 47.0 Å². The lowest BCUT2D eigenvalue weighted by Crippen LogP contribution is -2.06. The molecule has 21 heavy (non-hydrogen) atoms. The molecule has 0 atom stereocenters. The van der Waals surface area contributed by atoms with Gasteiger partial charge in [0.15, 0.2) is 5.82 Å². The fraction of sp³-hybridized carbons (Fsp3) is 0.375. The van der Waals surface area contributed by atoms with Crippen LogP contribution in [-0.2, 0) is 0 Å². The third kappa shape index (κ3) is 3.94. The Kier molecular flexibility index (Phi) is 5.56. The van der Waals surface area contributed by atoms with E-state index in [9.17, 15) is 0 Å². The summed E-state index contributed by atoms with van der Waals surface area (Å²) in [5.74, 6) is 2.42. The van der Waals surface area contributed by atoms with Crippen LogP contribution in [0, 0.1) is 6.92 Å². The second-order valence-corrected chi connectivity index (χ2v) is 5.47. The van der Waals surface area contributed by atoms with E-state index in [0.717, 1.165) is 46.1 Å². The molecular weight excluding hydrogens is 330 g/mol. The number of hydrogen-bond donors (Lipinski definition) is 1. The van der Waals surface area contributed by atoms with Crippen LogP contribution >= 0.6 is 15.9 Å². The van der Waals surface area contributed by atoms with Crippen molar-refractivity contribution in [2.45, 2.75) is 27.2 Å². The summed E-state index contributed by atoms with van der Waals surface area (Å²) in [6.07, 6.45) is 1.05. The number of nitrogens with one attached hydrogen (secondary N) is 1. The Morgan fingerprint density at radius 1 is 1.14 bits per heavy atom. The Morgan fingerprint density at radius 3 is 2.48 bits per heavy atom. The molecule has 0 amide bonds. The van der Waals surface area contributed by atoms with Crippen molar-refractivity contribution in [2.24, 2.45) is 0 Å². The number of halogens is 1. The van der Waals surface area contributed by atoms with Crippen LogP contribution in [0.1, 0.15) is 26.0 Å². The lowest BCUT2D eigenvalue weighted by molar-refractivity contribution is 0.340. The zero-order valence-corrected chi connectivity index (χ0v) is 14.2. The van der Waals surface area contributed by atoms with Gasteiger partial charge in [-0.05, 0) is 60.5 Å². The highest BCUT2D eigenvalue weighted by atomic mass is 79.9. The van der Waals surface area contributed by atoms with Crippen molar-refractivity contribution in [3.8, 4) is 17.1 Å². The molecule has 1 aromatic carbocycles. The van der Waals surface area contributed by atoms with Crippen molar-refractivity contribution < 1.29 is 4.74 Å². The summed E-state index contributed by atoms with van der Waals surface area (Å²) >= 11 is 3.54. The number of rotatable bonds is 6. The fourth-order valence-corrected chi connectivity index (χ4v) is 2.23. The van der Waals surface area contributed by atoms with Crippen molar-refractivity contribution in [3.05, 3.63) is 34.4 Å². The maximum atomic E-state index is 5.46. The highest BCUT2D eigenvalue weighted by Crippen LogP contribution is 2.27. The van der Waals surface area contributed by atoms with E-state index in [1.165, 1.54) is 0 Å². The third-order valence-electron chi connectivity index (χ3n) is 2.98. The number of aryl methyl sites for hydroxylation is 1. The first kappa shape index (κ1) is 15.8. The molecule has 0 aliphatic carbocycles. The van der Waals surface area contributed by atoms with Crippen LogP contribution in [0.4, 0.5) is 5.82 Å². The molecule has 0 radical (unpaired) electrons. The normalized spacial score (nSPS) is 10.5. The molecule has 2 aromatic rings. The molecule has 0 spiro atoms. The summed E-state index contributed by atoms with van der Waals surface area (Å²) in [4.78, 5) is 9.16. The maximum absolute atomic E-state index is 5.46. The first-order chi connectivity index (χ1) is 10.2. The number of aromatic nitrogens is 2. The molecule has 2 rings (SSSR count). The van der Waals surface area contributed by atoms with E-state index in [1.54, 1.807) is 0 Å². The molecule has 0 fully saturated rings. The molecule has 0 saturated carbocycles. The zero-order valence-electron chi connectivity index (χ0n) is 12.6. The second-order valence-electron chi connectivity index (χ2n) is 4.68. The monoisotopic (exact) mass is 349 g/mol. The number of hydrogen-bond acceptors (Lipinski definition) is 4. The molecule has 0 unspecified atom stereocenters. The summed E-state index contributed by atoms with van der Waals surface area (Å²) in [5.41, 5.74) is 1.90. The minimum Gasteiger partial charge on any atom is -0.494 e. The van der Waals surface area contributed by atoms with Gasteiger partial charge in [-0.25, -0.2) is 9.97 Å². The van der Waals surface area contributed by atoms with Gasteiger partial charge in [-0.3, -0.25) is 0 Å². The summed E-state index contributed by atoms with van der Waals surface area (Å²) in [7, 11) is 0. The quantitative estimate of drug-likeness (QED) is 0.837. The van der Waals surface area contributed by atoms with Gasteiger partial charge in [0.1, 0.15) is 11.6 Å². The molecule has 1 heterocycles. The van der Waals surface area contributed by atoms with Crippen LogP contribution in [0.3, 0.4) is 0 Å². The summed E-state index contributed by atoms with van der Waals surface area (Å²) in [6, 6.07) is 7.85. The molecule has 4 nitrogen and oxygen atoms in total. The van der Waals surface area contributed by atoms with Crippen molar-refractivity contribution >= 4 is 21.7 Å². The Labute approximate surface area is 134 Å². The van der Waals surface area contributed by atoms with Gasteiger partial charge >= 0.3 is 0 Å². The molecular formula is C16H20BrN3O. The van der Waals surface area contributed by atoms with Crippen LogP contribution in [0.2, 0.25) is 0 Å². The summed E-state index contributed by atoms with van der Waals surface area (Å²) in [5, 5.41) is 3.32. The average molecular weight is 350 g/mol. The molecule has 0 bridgehead atoms. The number of nitrogens with zero attached hydrogens (tertiary/aromatic N) is 2. The molecule has 0 aliphatic rings. The molecule has 1 N–H and O–H groups in total. The fourth-order valence-electron chi connectivity index (χ4n) is 1.92. The van der Waals surface area contributed by atoms with E-state index < -0.39 is 0 Å². The number of ether oxygens (including phenoxy) is 1. The van der Waals surface area contributed by atoms with E-state index in [2.05, 4.69) is 38.1 Å². The van der Waals surface area contributed by atoms with Crippen molar-refractivity contribution in [3.63, 3.8) is 0 Å². The molecule has 112 valence electrons. The first-order valence-corrected chi connectivity index (χ1v) is 7.96. The van der Waals surface area contributed by atoms with Crippen LogP contribution in [0.25, 0.3) is 11.4 Å². The average Bonchev–Trinajstić information content (AvgIpc) is 2.50. The Balaban J connectivity index is 2.32. The predicted molar refractivity (Wildman–Crippen MR) is 89.9 cm³/mol. The van der Waals surface area contributed by atoms with Crippen molar-refractivity contribution in [1.82, 2.24) is 9.97 Å². The summed E-state index contributed by atoms with van der Waals surface area (Å²) in [6.45, 7) is 7.63. The van der Waals surface area contributed by atoms with E-state index in [4.69, 9.17) is 4.74 Å². The SMILES string of the molecule is CCCNc1nc(-c2ccc(OCC)cc2)nc(C)c1Br. The predicted octanol–water partition coefficient (Wildman–Crippen LogP) is 4.44. The molecule has 0 aliphatic heterocycles. The lowest BCUT2D eigenvalue weighted by atomic mass is 10.2. The molecule has 5 heteroatoms. The Bertz CT molecular complexity index is 599. The summed E-state index contributed by atoms with van der Waals surface area (Å²) < 4.78 is 6.38. The smallest absolute Gasteiger partial charge is 0.161 e. The first-order valence-electron chi connectivity index (χ1n) is 7.17. The van der Waals surface area contributed by atoms with E-state index in [-0.39, 0.29) is 0 Å². The van der Waals surface area contributed by atoms with Crippen LogP contribution < -0.4 is 10.1 Å². The zero-order chi connectivity index (χ0) is 15.2. The van der Waals surface area contributed by atoms with Crippen molar-refractivity contribution in [2.75, 3.05) is 18.5 Å². The van der Waals surface area contributed by atoms with Gasteiger partial charge < -0.3 is 10.1 Å². The number of anilines is 1. The van der Waals surface area contributed by atoms with Crippen LogP contribution in [-0.4, -0.2) is 23.1 Å². The highest BCUT2D eigenvalue weighted by Gasteiger charge is 2.10. The van der Waals surface area contributed by atoms with E-state index in [1.807, 2.05) is 38.1 Å². The van der Waals surface area contributed by atoms with Crippen LogP contribution in [0.15, 0.2) is 28.7 Å². The largest absolute Gasteiger partial charge is 0.494 e. The van der Waals surface area contributed by atoms with Gasteiger partial charge in [0, 0.05) is 12.1 Å². The van der Waals surface area contributed by atoms with Gasteiger partial charge in [0.25, 0.3) is 0 Å². The number of benzene rings is 1. The van der Waals surface area contributed by atoms with E-state index in [0.29, 0.717) is 6.61 Å². The van der Waals surface area contributed by atoms with Crippen molar-refractivity contribution in [1.29, 1.82) is 0 Å². The second kappa shape index (κ2) is 7.41.